The van der Waals surface area contributed by atoms with Crippen molar-refractivity contribution in [2.45, 2.75) is 33.2 Å². The smallest absolute Gasteiger partial charge is 0.120 e. The summed E-state index contributed by atoms with van der Waals surface area (Å²) in [5.74, 6) is 0.903. The van der Waals surface area contributed by atoms with Gasteiger partial charge in [-0.2, -0.15) is 0 Å². The van der Waals surface area contributed by atoms with E-state index in [9.17, 15) is 0 Å². The molecular weight excluding hydrogens is 404 g/mol. The van der Waals surface area contributed by atoms with Gasteiger partial charge >= 0.3 is 0 Å². The van der Waals surface area contributed by atoms with Gasteiger partial charge in [-0.3, -0.25) is 10.0 Å². The third-order valence-corrected chi connectivity index (χ3v) is 6.24. The van der Waals surface area contributed by atoms with Gasteiger partial charge in [0.15, 0.2) is 0 Å². The summed E-state index contributed by atoms with van der Waals surface area (Å²) in [6.07, 6.45) is 2.35. The Bertz CT molecular complexity index is 1320. The van der Waals surface area contributed by atoms with Crippen LogP contribution in [0.4, 0.5) is 17.1 Å². The summed E-state index contributed by atoms with van der Waals surface area (Å²) >= 11 is 0. The van der Waals surface area contributed by atoms with Crippen LogP contribution in [0.1, 0.15) is 33.3 Å². The van der Waals surface area contributed by atoms with E-state index < -0.39 is 0 Å². The molecule has 33 heavy (non-hydrogen) atoms. The van der Waals surface area contributed by atoms with Gasteiger partial charge in [-0.1, -0.05) is 60.7 Å². The van der Waals surface area contributed by atoms with Crippen molar-refractivity contribution in [3.8, 4) is 5.75 Å². The molecule has 0 saturated carbocycles. The zero-order chi connectivity index (χ0) is 23.0. The summed E-state index contributed by atoms with van der Waals surface area (Å²) in [6, 6.07) is 32.2. The van der Waals surface area contributed by atoms with Crippen LogP contribution >= 0.6 is 0 Å². The molecule has 4 aromatic rings. The Hall–Kier alpha value is -3.72. The SMILES string of the molecule is CCOc1ccc2c(c1)C(C)=CC(C)(C)N2N(c1ccccc1)c1cccc2ccccc12. The van der Waals surface area contributed by atoms with Crippen molar-refractivity contribution in [2.75, 3.05) is 16.6 Å². The van der Waals surface area contributed by atoms with E-state index in [1.165, 1.54) is 27.6 Å². The molecule has 0 atom stereocenters. The molecule has 0 saturated heterocycles. The van der Waals surface area contributed by atoms with Crippen LogP contribution in [0.25, 0.3) is 16.3 Å². The standard InChI is InChI=1S/C30H30N2O/c1-5-33-25-18-19-29-27(20-25)22(2)21-30(3,4)32(29)31(24-14-7-6-8-15-24)28-17-11-13-23-12-9-10-16-26(23)28/h6-21H,5H2,1-4H3. The number of hydrogen-bond acceptors (Lipinski definition) is 3. The molecule has 0 bridgehead atoms. The van der Waals surface area contributed by atoms with Crippen LogP contribution in [-0.2, 0) is 0 Å². The van der Waals surface area contributed by atoms with Crippen LogP contribution < -0.4 is 14.8 Å². The fourth-order valence-electron chi connectivity index (χ4n) is 4.94. The lowest BCUT2D eigenvalue weighted by Gasteiger charge is -2.50. The van der Waals surface area contributed by atoms with Crippen molar-refractivity contribution in [1.82, 2.24) is 0 Å². The van der Waals surface area contributed by atoms with Crippen molar-refractivity contribution in [3.05, 3.63) is 103 Å². The third kappa shape index (κ3) is 3.74. The second-order valence-corrected chi connectivity index (χ2v) is 9.05. The number of nitrogens with zero attached hydrogens (tertiary/aromatic N) is 2. The Balaban J connectivity index is 1.78. The average Bonchev–Trinajstić information content (AvgIpc) is 2.82. The molecule has 0 aliphatic carbocycles. The number of para-hydroxylation sites is 1. The van der Waals surface area contributed by atoms with Gasteiger partial charge in [0.2, 0.25) is 0 Å². The lowest BCUT2D eigenvalue weighted by molar-refractivity contribution is 0.340. The molecule has 3 heteroatoms. The molecule has 166 valence electrons. The van der Waals surface area contributed by atoms with E-state index in [1.807, 2.05) is 6.92 Å². The quantitative estimate of drug-likeness (QED) is 0.316. The maximum Gasteiger partial charge on any atom is 0.120 e. The highest BCUT2D eigenvalue weighted by molar-refractivity contribution is 5.98. The average molecular weight is 435 g/mol. The van der Waals surface area contributed by atoms with Crippen molar-refractivity contribution >= 4 is 33.4 Å². The summed E-state index contributed by atoms with van der Waals surface area (Å²) in [5, 5.41) is 7.23. The highest BCUT2D eigenvalue weighted by Crippen LogP contribution is 2.46. The zero-order valence-electron chi connectivity index (χ0n) is 19.7. The second-order valence-electron chi connectivity index (χ2n) is 9.05. The van der Waals surface area contributed by atoms with Crippen LogP contribution in [0.2, 0.25) is 0 Å². The molecule has 0 radical (unpaired) electrons. The first-order chi connectivity index (χ1) is 16.0. The van der Waals surface area contributed by atoms with E-state index in [4.69, 9.17) is 4.74 Å². The molecule has 1 heterocycles. The minimum atomic E-state index is -0.253. The van der Waals surface area contributed by atoms with Crippen LogP contribution in [0, 0.1) is 0 Å². The summed E-state index contributed by atoms with van der Waals surface area (Å²) in [4.78, 5) is 0. The molecule has 5 rings (SSSR count). The van der Waals surface area contributed by atoms with E-state index in [0.29, 0.717) is 6.61 Å². The Morgan fingerprint density at radius 3 is 2.36 bits per heavy atom. The van der Waals surface area contributed by atoms with Crippen molar-refractivity contribution < 1.29 is 4.74 Å². The van der Waals surface area contributed by atoms with E-state index in [2.05, 4.69) is 128 Å². The normalized spacial score (nSPS) is 14.5. The Morgan fingerprint density at radius 2 is 1.58 bits per heavy atom. The minimum Gasteiger partial charge on any atom is -0.494 e. The summed E-state index contributed by atoms with van der Waals surface area (Å²) < 4.78 is 5.84. The number of fused-ring (bicyclic) bond motifs is 2. The number of hydrazine groups is 1. The molecule has 0 aromatic heterocycles. The molecule has 3 nitrogen and oxygen atoms in total. The number of allylic oxidation sites excluding steroid dienone is 1. The maximum absolute atomic E-state index is 5.84. The van der Waals surface area contributed by atoms with Crippen LogP contribution in [0.15, 0.2) is 97.1 Å². The second kappa shape index (κ2) is 8.32. The molecule has 4 aromatic carbocycles. The van der Waals surface area contributed by atoms with Crippen LogP contribution in [0.3, 0.4) is 0 Å². The van der Waals surface area contributed by atoms with E-state index in [-0.39, 0.29) is 5.54 Å². The van der Waals surface area contributed by atoms with Crippen LogP contribution in [-0.4, -0.2) is 12.1 Å². The van der Waals surface area contributed by atoms with Crippen molar-refractivity contribution in [1.29, 1.82) is 0 Å². The molecule has 0 unspecified atom stereocenters. The largest absolute Gasteiger partial charge is 0.494 e. The number of ether oxygens (including phenoxy) is 1. The van der Waals surface area contributed by atoms with Crippen molar-refractivity contribution in [3.63, 3.8) is 0 Å². The Kier molecular flexibility index (Phi) is 5.33. The Labute approximate surface area is 196 Å². The fraction of sp³-hybridized carbons (Fsp3) is 0.200. The highest BCUT2D eigenvalue weighted by Gasteiger charge is 2.37. The number of benzene rings is 4. The van der Waals surface area contributed by atoms with Gasteiger partial charge < -0.3 is 4.74 Å². The predicted molar refractivity (Wildman–Crippen MR) is 140 cm³/mol. The van der Waals surface area contributed by atoms with Crippen molar-refractivity contribution in [2.24, 2.45) is 0 Å². The van der Waals surface area contributed by atoms with E-state index >= 15 is 0 Å². The summed E-state index contributed by atoms with van der Waals surface area (Å²) in [7, 11) is 0. The van der Waals surface area contributed by atoms with Gasteiger partial charge in [0.1, 0.15) is 5.75 Å². The van der Waals surface area contributed by atoms with Gasteiger partial charge in [0.25, 0.3) is 0 Å². The first-order valence-corrected chi connectivity index (χ1v) is 11.6. The lowest BCUT2D eigenvalue weighted by atomic mass is 9.90. The minimum absolute atomic E-state index is 0.253. The topological polar surface area (TPSA) is 15.7 Å². The number of anilines is 3. The first-order valence-electron chi connectivity index (χ1n) is 11.6. The van der Waals surface area contributed by atoms with Gasteiger partial charge in [0, 0.05) is 10.9 Å². The lowest BCUT2D eigenvalue weighted by Crippen LogP contribution is -2.54. The highest BCUT2D eigenvalue weighted by atomic mass is 16.5. The van der Waals surface area contributed by atoms with E-state index in [0.717, 1.165) is 17.1 Å². The predicted octanol–water partition coefficient (Wildman–Crippen LogP) is 7.99. The number of rotatable bonds is 5. The monoisotopic (exact) mass is 434 g/mol. The molecule has 1 aliphatic rings. The zero-order valence-corrected chi connectivity index (χ0v) is 19.7. The fourth-order valence-corrected chi connectivity index (χ4v) is 4.94. The number of hydrogen-bond donors (Lipinski definition) is 0. The summed E-state index contributed by atoms with van der Waals surface area (Å²) in [5.41, 5.74) is 5.65. The van der Waals surface area contributed by atoms with Gasteiger partial charge in [-0.15, -0.1) is 0 Å². The molecular formula is C30H30N2O. The van der Waals surface area contributed by atoms with Gasteiger partial charge in [-0.25, -0.2) is 0 Å². The van der Waals surface area contributed by atoms with Gasteiger partial charge in [0.05, 0.1) is 29.2 Å². The molecule has 0 spiro atoms. The molecule has 0 amide bonds. The van der Waals surface area contributed by atoms with Gasteiger partial charge in [-0.05, 0) is 75.1 Å². The molecule has 0 N–H and O–H groups in total. The maximum atomic E-state index is 5.84. The molecule has 0 fully saturated rings. The Morgan fingerprint density at radius 1 is 0.848 bits per heavy atom. The first kappa shape index (κ1) is 21.1. The van der Waals surface area contributed by atoms with E-state index in [1.54, 1.807) is 0 Å². The summed E-state index contributed by atoms with van der Waals surface area (Å²) in [6.45, 7) is 9.42. The van der Waals surface area contributed by atoms with Crippen LogP contribution in [0.5, 0.6) is 5.75 Å². The third-order valence-electron chi connectivity index (χ3n) is 6.24. The molecule has 1 aliphatic heterocycles.